The van der Waals surface area contributed by atoms with Crippen molar-refractivity contribution < 1.29 is 13.8 Å². The van der Waals surface area contributed by atoms with Gasteiger partial charge in [-0.1, -0.05) is 36.4 Å². The number of benzene rings is 2. The third-order valence-corrected chi connectivity index (χ3v) is 5.81. The number of fused-ring (bicyclic) bond motifs is 2. The summed E-state index contributed by atoms with van der Waals surface area (Å²) in [4.78, 5) is 13.8. The number of hydrogen-bond acceptors (Lipinski definition) is 3. The molecule has 4 rings (SSSR count). The summed E-state index contributed by atoms with van der Waals surface area (Å²) < 4.78 is 28.6. The Labute approximate surface area is 173 Å². The minimum absolute atomic E-state index is 0.175. The number of aromatic nitrogens is 2. The summed E-state index contributed by atoms with van der Waals surface area (Å²) in [5.41, 5.74) is 8.45. The zero-order valence-electron chi connectivity index (χ0n) is 17.0. The molecule has 2 aromatic carbocycles. The molecule has 4 aromatic rings. The van der Waals surface area contributed by atoms with Gasteiger partial charge in [-0.3, -0.25) is 9.13 Å². The average molecular weight is 410 g/mol. The SMILES string of the molecule is Cc1c(CCNF)c2ccccc2n1C(=O)n1c(C)c(CCNF)c2ccccc21. The molecule has 0 radical (unpaired) electrons. The van der Waals surface area contributed by atoms with Crippen molar-refractivity contribution in [1.29, 1.82) is 0 Å². The lowest BCUT2D eigenvalue weighted by atomic mass is 10.1. The average Bonchev–Trinajstić information content (AvgIpc) is 3.20. The Hall–Kier alpha value is -3.03. The summed E-state index contributed by atoms with van der Waals surface area (Å²) in [6.45, 7) is 4.13. The maximum atomic E-state index is 13.8. The maximum Gasteiger partial charge on any atom is 0.337 e. The van der Waals surface area contributed by atoms with Crippen molar-refractivity contribution in [2.24, 2.45) is 0 Å². The molecule has 0 aliphatic carbocycles. The minimum atomic E-state index is -0.198. The second-order valence-electron chi connectivity index (χ2n) is 7.38. The van der Waals surface area contributed by atoms with Crippen molar-refractivity contribution in [2.45, 2.75) is 26.7 Å². The van der Waals surface area contributed by atoms with Crippen LogP contribution in [-0.4, -0.2) is 28.3 Å². The monoisotopic (exact) mass is 410 g/mol. The van der Waals surface area contributed by atoms with Crippen LogP contribution in [0.5, 0.6) is 0 Å². The molecule has 2 heterocycles. The number of halogens is 2. The van der Waals surface area contributed by atoms with Crippen LogP contribution in [0, 0.1) is 13.8 Å². The molecule has 156 valence electrons. The van der Waals surface area contributed by atoms with Crippen LogP contribution in [0.1, 0.15) is 22.5 Å². The van der Waals surface area contributed by atoms with Gasteiger partial charge >= 0.3 is 6.03 Å². The zero-order chi connectivity index (χ0) is 21.3. The van der Waals surface area contributed by atoms with Gasteiger partial charge in [-0.25, -0.2) is 4.79 Å². The number of hydrogen-bond donors (Lipinski definition) is 2. The molecule has 0 amide bonds. The van der Waals surface area contributed by atoms with E-state index in [0.717, 1.165) is 44.3 Å². The molecular formula is C23H24F2N4O. The summed E-state index contributed by atoms with van der Waals surface area (Å²) in [5, 5.41) is 1.88. The standard InChI is InChI=1S/C23H24F2N4O/c1-15-17(11-13-26-24)19-7-3-5-9-21(19)28(15)23(30)29-16(2)18(12-14-27-25)20-8-4-6-10-22(20)29/h3-10,26-27H,11-14H2,1-2H3. The molecule has 2 N–H and O–H groups in total. The van der Waals surface area contributed by atoms with Gasteiger partial charge < -0.3 is 0 Å². The molecular weight excluding hydrogens is 386 g/mol. The Bertz CT molecular complexity index is 1130. The summed E-state index contributed by atoms with van der Waals surface area (Å²) in [7, 11) is 0. The molecule has 0 aliphatic rings. The first-order valence-corrected chi connectivity index (χ1v) is 9.99. The number of nitrogens with zero attached hydrogens (tertiary/aromatic N) is 2. The normalized spacial score (nSPS) is 11.6. The fourth-order valence-corrected chi connectivity index (χ4v) is 4.44. The Balaban J connectivity index is 1.93. The molecule has 0 bridgehead atoms. The zero-order valence-corrected chi connectivity index (χ0v) is 17.0. The second kappa shape index (κ2) is 8.38. The number of rotatable bonds is 6. The molecule has 5 nitrogen and oxygen atoms in total. The number of carbonyl (C=O) groups is 1. The minimum Gasteiger partial charge on any atom is -0.266 e. The fourth-order valence-electron chi connectivity index (χ4n) is 4.44. The fraction of sp³-hybridized carbons (Fsp3) is 0.261. The highest BCUT2D eigenvalue weighted by molar-refractivity contribution is 6.01. The largest absolute Gasteiger partial charge is 0.337 e. The predicted octanol–water partition coefficient (Wildman–Crippen LogP) is 4.76. The summed E-state index contributed by atoms with van der Waals surface area (Å²) in [6.07, 6.45) is 0.948. The first-order chi connectivity index (χ1) is 14.6. The third-order valence-electron chi connectivity index (χ3n) is 5.81. The highest BCUT2D eigenvalue weighted by Crippen LogP contribution is 2.30. The Morgan fingerprint density at radius 3 is 1.57 bits per heavy atom. The van der Waals surface area contributed by atoms with Gasteiger partial charge in [0.1, 0.15) is 0 Å². The molecule has 0 atom stereocenters. The molecule has 7 heteroatoms. The summed E-state index contributed by atoms with van der Waals surface area (Å²) in [5.74, 6) is 0. The van der Waals surface area contributed by atoms with Gasteiger partial charge in [0.05, 0.1) is 11.0 Å². The topological polar surface area (TPSA) is 51.0 Å². The lowest BCUT2D eigenvalue weighted by Crippen LogP contribution is -2.22. The van der Waals surface area contributed by atoms with Crippen molar-refractivity contribution in [3.05, 3.63) is 71.0 Å². The van der Waals surface area contributed by atoms with Crippen LogP contribution in [0.4, 0.5) is 13.8 Å². The van der Waals surface area contributed by atoms with E-state index in [1.165, 1.54) is 0 Å². The van der Waals surface area contributed by atoms with Gasteiger partial charge in [0.2, 0.25) is 0 Å². The lowest BCUT2D eigenvalue weighted by Gasteiger charge is -2.12. The molecule has 0 unspecified atom stereocenters. The quantitative estimate of drug-likeness (QED) is 0.451. The van der Waals surface area contributed by atoms with E-state index < -0.39 is 0 Å². The summed E-state index contributed by atoms with van der Waals surface area (Å²) >= 11 is 0. The van der Waals surface area contributed by atoms with Crippen molar-refractivity contribution in [3.8, 4) is 0 Å². The molecule has 0 spiro atoms. The first-order valence-electron chi connectivity index (χ1n) is 9.99. The van der Waals surface area contributed by atoms with Gasteiger partial charge in [0.15, 0.2) is 0 Å². The highest BCUT2D eigenvalue weighted by atomic mass is 19.2. The molecule has 0 saturated heterocycles. The van der Waals surface area contributed by atoms with Gasteiger partial charge in [0, 0.05) is 35.2 Å². The maximum absolute atomic E-state index is 13.8. The van der Waals surface area contributed by atoms with Crippen molar-refractivity contribution in [2.75, 3.05) is 13.1 Å². The van der Waals surface area contributed by atoms with E-state index in [9.17, 15) is 13.8 Å². The molecule has 0 aliphatic heterocycles. The van der Waals surface area contributed by atoms with Crippen LogP contribution in [0.2, 0.25) is 0 Å². The number of para-hydroxylation sites is 2. The van der Waals surface area contributed by atoms with Crippen LogP contribution in [0.15, 0.2) is 48.5 Å². The van der Waals surface area contributed by atoms with E-state index >= 15 is 0 Å². The summed E-state index contributed by atoms with van der Waals surface area (Å²) in [6, 6.07) is 15.1. The van der Waals surface area contributed by atoms with Gasteiger partial charge in [-0.15, -0.1) is 8.96 Å². The van der Waals surface area contributed by atoms with E-state index in [1.54, 1.807) is 20.2 Å². The van der Waals surface area contributed by atoms with Crippen molar-refractivity contribution >= 4 is 27.8 Å². The van der Waals surface area contributed by atoms with Crippen LogP contribution in [0.3, 0.4) is 0 Å². The Morgan fingerprint density at radius 2 is 1.17 bits per heavy atom. The molecule has 0 fully saturated rings. The van der Waals surface area contributed by atoms with Gasteiger partial charge in [-0.2, -0.15) is 11.1 Å². The Morgan fingerprint density at radius 1 is 0.767 bits per heavy atom. The van der Waals surface area contributed by atoms with Gasteiger partial charge in [-0.05, 0) is 49.9 Å². The molecule has 2 aromatic heterocycles. The van der Waals surface area contributed by atoms with E-state index in [2.05, 4.69) is 0 Å². The van der Waals surface area contributed by atoms with E-state index in [-0.39, 0.29) is 19.1 Å². The van der Waals surface area contributed by atoms with E-state index in [4.69, 9.17) is 0 Å². The van der Waals surface area contributed by atoms with Crippen molar-refractivity contribution in [3.63, 3.8) is 0 Å². The highest BCUT2D eigenvalue weighted by Gasteiger charge is 2.24. The second-order valence-corrected chi connectivity index (χ2v) is 7.38. The van der Waals surface area contributed by atoms with Crippen molar-refractivity contribution in [1.82, 2.24) is 20.2 Å². The third kappa shape index (κ3) is 3.20. The Kier molecular flexibility index (Phi) is 5.65. The predicted molar refractivity (Wildman–Crippen MR) is 115 cm³/mol. The van der Waals surface area contributed by atoms with Crippen LogP contribution >= 0.6 is 0 Å². The van der Waals surface area contributed by atoms with E-state index in [0.29, 0.717) is 12.8 Å². The van der Waals surface area contributed by atoms with Crippen LogP contribution in [-0.2, 0) is 12.8 Å². The number of nitrogens with one attached hydrogen (secondary N) is 2. The number of carbonyl (C=O) groups excluding carboxylic acids is 1. The van der Waals surface area contributed by atoms with Gasteiger partial charge in [0.25, 0.3) is 0 Å². The van der Waals surface area contributed by atoms with Crippen LogP contribution < -0.4 is 11.1 Å². The van der Waals surface area contributed by atoms with E-state index in [1.807, 2.05) is 62.4 Å². The molecule has 0 saturated carbocycles. The lowest BCUT2D eigenvalue weighted by molar-refractivity contribution is 0.244. The smallest absolute Gasteiger partial charge is 0.266 e. The van der Waals surface area contributed by atoms with Crippen LogP contribution in [0.25, 0.3) is 21.8 Å². The molecule has 30 heavy (non-hydrogen) atoms. The first kappa shape index (κ1) is 20.3.